The lowest BCUT2D eigenvalue weighted by Gasteiger charge is -2.17. The molecule has 1 atom stereocenters. The van der Waals surface area contributed by atoms with Crippen molar-refractivity contribution in [3.05, 3.63) is 37.4 Å². The number of nitrogens with zero attached hydrogens (tertiary/aromatic N) is 2. The number of nitro groups is 1. The minimum atomic E-state index is -0.482. The zero-order valence-corrected chi connectivity index (χ0v) is 13.2. The number of benzene rings is 1. The predicted octanol–water partition coefficient (Wildman–Crippen LogP) is 2.31. The molecule has 1 fully saturated rings. The van der Waals surface area contributed by atoms with E-state index in [2.05, 4.69) is 0 Å². The molecule has 0 saturated carbocycles. The number of hydrogen-bond acceptors (Lipinski definition) is 4. The van der Waals surface area contributed by atoms with E-state index >= 15 is 0 Å². The number of rotatable bonds is 4. The summed E-state index contributed by atoms with van der Waals surface area (Å²) in [6, 6.07) is 4.37. The highest BCUT2D eigenvalue weighted by atomic mass is 127. The van der Waals surface area contributed by atoms with Crippen molar-refractivity contribution >= 4 is 34.2 Å². The van der Waals surface area contributed by atoms with E-state index in [0.29, 0.717) is 31.2 Å². The molecule has 0 radical (unpaired) electrons. The highest BCUT2D eigenvalue weighted by Crippen LogP contribution is 2.24. The van der Waals surface area contributed by atoms with Crippen LogP contribution in [-0.2, 0) is 4.74 Å². The minimum Gasteiger partial charge on any atom is -0.384 e. The van der Waals surface area contributed by atoms with Crippen LogP contribution in [0.1, 0.15) is 16.8 Å². The van der Waals surface area contributed by atoms with Gasteiger partial charge in [0.25, 0.3) is 11.6 Å². The second-order valence-corrected chi connectivity index (χ2v) is 5.94. The zero-order chi connectivity index (χ0) is 14.7. The maximum absolute atomic E-state index is 12.5. The Balaban J connectivity index is 2.17. The lowest BCUT2D eigenvalue weighted by atomic mass is 10.1. The van der Waals surface area contributed by atoms with Gasteiger partial charge in [0.1, 0.15) is 0 Å². The van der Waals surface area contributed by atoms with Gasteiger partial charge >= 0.3 is 0 Å². The van der Waals surface area contributed by atoms with Gasteiger partial charge in [-0.3, -0.25) is 14.9 Å². The third-order valence-corrected chi connectivity index (χ3v) is 4.31. The maximum atomic E-state index is 12.5. The van der Waals surface area contributed by atoms with Gasteiger partial charge in [-0.2, -0.15) is 0 Å². The van der Waals surface area contributed by atoms with Gasteiger partial charge in [0.2, 0.25) is 0 Å². The molecule has 2 rings (SSSR count). The summed E-state index contributed by atoms with van der Waals surface area (Å²) in [4.78, 5) is 24.5. The fourth-order valence-electron chi connectivity index (χ4n) is 2.35. The van der Waals surface area contributed by atoms with Crippen LogP contribution in [0, 0.1) is 19.6 Å². The first kappa shape index (κ1) is 15.2. The highest BCUT2D eigenvalue weighted by Gasteiger charge is 2.28. The highest BCUT2D eigenvalue weighted by molar-refractivity contribution is 14.1. The third-order valence-electron chi connectivity index (χ3n) is 3.37. The van der Waals surface area contributed by atoms with Gasteiger partial charge in [-0.05, 0) is 35.1 Å². The maximum Gasteiger partial charge on any atom is 0.270 e. The molecule has 1 saturated heterocycles. The zero-order valence-electron chi connectivity index (χ0n) is 11.0. The SMILES string of the molecule is COCC1CCN(C(=O)c2cc([N+](=O)[O-])ccc2I)C1. The Hall–Kier alpha value is -1.22. The van der Waals surface area contributed by atoms with Crippen LogP contribution < -0.4 is 0 Å². The molecule has 7 heteroatoms. The van der Waals surface area contributed by atoms with Crippen molar-refractivity contribution in [2.75, 3.05) is 26.8 Å². The summed E-state index contributed by atoms with van der Waals surface area (Å²) in [5.41, 5.74) is 0.347. The van der Waals surface area contributed by atoms with Gasteiger partial charge in [0.15, 0.2) is 0 Å². The number of nitro benzene ring substituents is 1. The molecule has 1 aliphatic heterocycles. The lowest BCUT2D eigenvalue weighted by Crippen LogP contribution is -2.29. The molecule has 0 aliphatic carbocycles. The largest absolute Gasteiger partial charge is 0.384 e. The average molecular weight is 390 g/mol. The molecule has 1 aromatic carbocycles. The van der Waals surface area contributed by atoms with Crippen LogP contribution in [-0.4, -0.2) is 42.5 Å². The first-order chi connectivity index (χ1) is 9.52. The Morgan fingerprint density at radius 1 is 1.60 bits per heavy atom. The molecule has 0 N–H and O–H groups in total. The van der Waals surface area contributed by atoms with Crippen molar-refractivity contribution in [2.24, 2.45) is 5.92 Å². The van der Waals surface area contributed by atoms with Crippen LogP contribution in [0.2, 0.25) is 0 Å². The average Bonchev–Trinajstić information content (AvgIpc) is 2.87. The van der Waals surface area contributed by atoms with Crippen LogP contribution >= 0.6 is 22.6 Å². The van der Waals surface area contributed by atoms with Crippen LogP contribution in [0.3, 0.4) is 0 Å². The van der Waals surface area contributed by atoms with E-state index in [0.717, 1.165) is 9.99 Å². The fraction of sp³-hybridized carbons (Fsp3) is 0.462. The molecular formula is C13H15IN2O4. The van der Waals surface area contributed by atoms with Gasteiger partial charge in [0.05, 0.1) is 17.1 Å². The van der Waals surface area contributed by atoms with Gasteiger partial charge < -0.3 is 9.64 Å². The number of likely N-dealkylation sites (tertiary alicyclic amines) is 1. The Morgan fingerprint density at radius 2 is 2.35 bits per heavy atom. The number of carbonyl (C=O) groups is 1. The Labute approximate surface area is 130 Å². The van der Waals surface area contributed by atoms with Crippen molar-refractivity contribution in [2.45, 2.75) is 6.42 Å². The smallest absolute Gasteiger partial charge is 0.270 e. The molecule has 1 aromatic rings. The topological polar surface area (TPSA) is 72.7 Å². The lowest BCUT2D eigenvalue weighted by molar-refractivity contribution is -0.384. The Kier molecular flexibility index (Phi) is 4.92. The number of halogens is 1. The van der Waals surface area contributed by atoms with Crippen LogP contribution in [0.5, 0.6) is 0 Å². The normalized spacial score (nSPS) is 18.3. The Bertz CT molecular complexity index is 535. The molecule has 20 heavy (non-hydrogen) atoms. The van der Waals surface area contributed by atoms with E-state index < -0.39 is 4.92 Å². The molecule has 6 nitrogen and oxygen atoms in total. The summed E-state index contributed by atoms with van der Waals surface area (Å²) >= 11 is 2.03. The van der Waals surface area contributed by atoms with Crippen molar-refractivity contribution in [3.8, 4) is 0 Å². The van der Waals surface area contributed by atoms with E-state index in [9.17, 15) is 14.9 Å². The van der Waals surface area contributed by atoms with E-state index in [1.54, 1.807) is 18.1 Å². The second-order valence-electron chi connectivity index (χ2n) is 4.78. The first-order valence-electron chi connectivity index (χ1n) is 6.25. The summed E-state index contributed by atoms with van der Waals surface area (Å²) in [6.45, 7) is 1.95. The second kappa shape index (κ2) is 6.49. The summed E-state index contributed by atoms with van der Waals surface area (Å²) in [7, 11) is 1.65. The monoisotopic (exact) mass is 390 g/mol. The quantitative estimate of drug-likeness (QED) is 0.450. The summed E-state index contributed by atoms with van der Waals surface area (Å²) < 4.78 is 5.84. The van der Waals surface area contributed by atoms with Crippen molar-refractivity contribution in [1.82, 2.24) is 4.90 Å². The number of ether oxygens (including phenoxy) is 1. The molecule has 1 amide bonds. The molecule has 0 spiro atoms. The predicted molar refractivity (Wildman–Crippen MR) is 81.7 cm³/mol. The number of carbonyl (C=O) groups excluding carboxylic acids is 1. The summed E-state index contributed by atoms with van der Waals surface area (Å²) in [5, 5.41) is 10.8. The van der Waals surface area contributed by atoms with Crippen molar-refractivity contribution < 1.29 is 14.5 Å². The molecular weight excluding hydrogens is 375 g/mol. The molecule has 1 aliphatic rings. The first-order valence-corrected chi connectivity index (χ1v) is 7.33. The van der Waals surface area contributed by atoms with Crippen molar-refractivity contribution in [3.63, 3.8) is 0 Å². The number of hydrogen-bond donors (Lipinski definition) is 0. The van der Waals surface area contributed by atoms with Crippen molar-refractivity contribution in [1.29, 1.82) is 0 Å². The van der Waals surface area contributed by atoms with Crippen LogP contribution in [0.25, 0.3) is 0 Å². The molecule has 1 heterocycles. The number of non-ortho nitro benzene ring substituents is 1. The van der Waals surface area contributed by atoms with Crippen LogP contribution in [0.4, 0.5) is 5.69 Å². The van der Waals surface area contributed by atoms with Gasteiger partial charge in [-0.25, -0.2) is 0 Å². The summed E-state index contributed by atoms with van der Waals surface area (Å²) in [5.74, 6) is 0.206. The molecule has 1 unspecified atom stereocenters. The van der Waals surface area contributed by atoms with Gasteiger partial charge in [-0.15, -0.1) is 0 Å². The van der Waals surface area contributed by atoms with E-state index in [4.69, 9.17) is 4.74 Å². The molecule has 0 aromatic heterocycles. The van der Waals surface area contributed by atoms with E-state index in [-0.39, 0.29) is 11.6 Å². The van der Waals surface area contributed by atoms with Crippen LogP contribution in [0.15, 0.2) is 18.2 Å². The minimum absolute atomic E-state index is 0.0543. The standard InChI is InChI=1S/C13H15IN2O4/c1-20-8-9-4-5-15(7-9)13(17)11-6-10(16(18)19)2-3-12(11)14/h2-3,6,9H,4-5,7-8H2,1H3. The van der Waals surface area contributed by atoms with Gasteiger partial charge in [0, 0.05) is 41.8 Å². The fourth-order valence-corrected chi connectivity index (χ4v) is 2.92. The number of methoxy groups -OCH3 is 1. The van der Waals surface area contributed by atoms with E-state index in [1.165, 1.54) is 12.1 Å². The van der Waals surface area contributed by atoms with Gasteiger partial charge in [-0.1, -0.05) is 0 Å². The molecule has 108 valence electrons. The third kappa shape index (κ3) is 3.26. The molecule has 0 bridgehead atoms. The van der Waals surface area contributed by atoms with E-state index in [1.807, 2.05) is 22.6 Å². The number of amides is 1. The summed E-state index contributed by atoms with van der Waals surface area (Å²) in [6.07, 6.45) is 0.908. The Morgan fingerprint density at radius 3 is 3.00 bits per heavy atom.